The average Bonchev–Trinajstić information content (AvgIpc) is 2.33. The van der Waals surface area contributed by atoms with Gasteiger partial charge in [-0.25, -0.2) is 0 Å². The van der Waals surface area contributed by atoms with Gasteiger partial charge in [0.1, 0.15) is 0 Å². The van der Waals surface area contributed by atoms with E-state index in [1.54, 1.807) is 0 Å². The van der Waals surface area contributed by atoms with Crippen LogP contribution in [0.5, 0.6) is 0 Å². The van der Waals surface area contributed by atoms with Crippen LogP contribution in [0.4, 0.5) is 0 Å². The highest BCUT2D eigenvalue weighted by Crippen LogP contribution is 2.55. The summed E-state index contributed by atoms with van der Waals surface area (Å²) in [5, 5.41) is 0. The Bertz CT molecular complexity index is 206. The fourth-order valence-electron chi connectivity index (χ4n) is 3.68. The quantitative estimate of drug-likeness (QED) is 0.467. The van der Waals surface area contributed by atoms with Gasteiger partial charge in [-0.2, -0.15) is 0 Å². The maximum Gasteiger partial charge on any atom is -0.0223 e. The molecule has 0 heterocycles. The molecule has 0 aromatic carbocycles. The van der Waals surface area contributed by atoms with Gasteiger partial charge < -0.3 is 0 Å². The SMILES string of the molecule is CCCCC(C)(CC)C(C)(C(C)C)C(C)CC. The van der Waals surface area contributed by atoms with Crippen LogP contribution >= 0.6 is 0 Å². The van der Waals surface area contributed by atoms with E-state index in [1.807, 2.05) is 0 Å². The summed E-state index contributed by atoms with van der Waals surface area (Å²) in [6, 6.07) is 0. The topological polar surface area (TPSA) is 0 Å². The number of hydrogen-bond donors (Lipinski definition) is 0. The number of unbranched alkanes of at least 4 members (excludes halogenated alkanes) is 1. The van der Waals surface area contributed by atoms with Gasteiger partial charge in [-0.1, -0.05) is 81.1 Å². The van der Waals surface area contributed by atoms with E-state index < -0.39 is 0 Å². The molecule has 0 aliphatic carbocycles. The Hall–Kier alpha value is 0. The summed E-state index contributed by atoms with van der Waals surface area (Å²) < 4.78 is 0. The molecule has 0 N–H and O–H groups in total. The van der Waals surface area contributed by atoms with E-state index >= 15 is 0 Å². The molecule has 3 unspecified atom stereocenters. The second kappa shape index (κ2) is 6.81. The molecule has 0 heteroatoms. The third-order valence-electron chi connectivity index (χ3n) is 6.00. The van der Waals surface area contributed by atoms with Crippen LogP contribution in [0.25, 0.3) is 0 Å². The highest BCUT2D eigenvalue weighted by Gasteiger charge is 2.47. The summed E-state index contributed by atoms with van der Waals surface area (Å²) in [7, 11) is 0. The van der Waals surface area contributed by atoms with Gasteiger partial charge in [0.15, 0.2) is 0 Å². The molecule has 104 valence electrons. The van der Waals surface area contributed by atoms with Crippen molar-refractivity contribution in [3.8, 4) is 0 Å². The predicted octanol–water partition coefficient (Wildman–Crippen LogP) is 6.30. The third kappa shape index (κ3) is 3.26. The summed E-state index contributed by atoms with van der Waals surface area (Å²) >= 11 is 0. The van der Waals surface area contributed by atoms with E-state index in [0.29, 0.717) is 10.8 Å². The zero-order valence-electron chi connectivity index (χ0n) is 13.7. The van der Waals surface area contributed by atoms with Crippen molar-refractivity contribution in [1.29, 1.82) is 0 Å². The standard InChI is InChI=1S/C17H36/c1-9-12-13-16(7,11-3)17(8,14(4)5)15(6)10-2/h14-15H,9-13H2,1-8H3. The first kappa shape index (κ1) is 17.0. The molecule has 0 aromatic rings. The second-order valence-corrected chi connectivity index (χ2v) is 6.76. The summed E-state index contributed by atoms with van der Waals surface area (Å²) in [5.74, 6) is 1.57. The first-order valence-corrected chi connectivity index (χ1v) is 7.80. The van der Waals surface area contributed by atoms with Crippen LogP contribution < -0.4 is 0 Å². The van der Waals surface area contributed by atoms with Crippen LogP contribution in [0, 0.1) is 22.7 Å². The Kier molecular flexibility index (Phi) is 6.81. The minimum absolute atomic E-state index is 0.464. The first-order chi connectivity index (χ1) is 7.80. The summed E-state index contributed by atoms with van der Waals surface area (Å²) in [4.78, 5) is 0. The Balaban J connectivity index is 5.24. The summed E-state index contributed by atoms with van der Waals surface area (Å²) in [6.45, 7) is 19.4. The molecule has 0 saturated heterocycles. The fraction of sp³-hybridized carbons (Fsp3) is 1.00. The highest BCUT2D eigenvalue weighted by molar-refractivity contribution is 4.96. The van der Waals surface area contributed by atoms with Crippen molar-refractivity contribution >= 4 is 0 Å². The second-order valence-electron chi connectivity index (χ2n) is 6.76. The van der Waals surface area contributed by atoms with Crippen molar-refractivity contribution in [2.75, 3.05) is 0 Å². The molecule has 0 aromatic heterocycles. The van der Waals surface area contributed by atoms with Crippen molar-refractivity contribution in [2.24, 2.45) is 22.7 Å². The maximum atomic E-state index is 2.55. The van der Waals surface area contributed by atoms with Crippen LogP contribution in [0.1, 0.15) is 87.5 Å². The lowest BCUT2D eigenvalue weighted by Gasteiger charge is -2.53. The zero-order chi connectivity index (χ0) is 13.7. The highest BCUT2D eigenvalue weighted by atomic mass is 14.5. The van der Waals surface area contributed by atoms with E-state index in [-0.39, 0.29) is 0 Å². The molecular formula is C17H36. The number of hydrogen-bond acceptors (Lipinski definition) is 0. The van der Waals surface area contributed by atoms with Gasteiger partial charge in [0.2, 0.25) is 0 Å². The summed E-state index contributed by atoms with van der Waals surface area (Å²) in [5.41, 5.74) is 0.957. The Labute approximate surface area is 111 Å². The molecule has 3 atom stereocenters. The van der Waals surface area contributed by atoms with Gasteiger partial charge in [0, 0.05) is 0 Å². The maximum absolute atomic E-state index is 2.55. The lowest BCUT2D eigenvalue weighted by molar-refractivity contribution is -0.0436. The molecule has 0 saturated carbocycles. The third-order valence-corrected chi connectivity index (χ3v) is 6.00. The van der Waals surface area contributed by atoms with Crippen LogP contribution in [0.2, 0.25) is 0 Å². The minimum atomic E-state index is 0.464. The lowest BCUT2D eigenvalue weighted by atomic mass is 9.51. The van der Waals surface area contributed by atoms with Crippen molar-refractivity contribution in [1.82, 2.24) is 0 Å². The normalized spacial score (nSPS) is 21.0. The Morgan fingerprint density at radius 2 is 1.47 bits per heavy atom. The summed E-state index contributed by atoms with van der Waals surface area (Å²) in [6.07, 6.45) is 6.70. The van der Waals surface area contributed by atoms with E-state index in [1.165, 1.54) is 32.1 Å². The van der Waals surface area contributed by atoms with Crippen molar-refractivity contribution in [3.63, 3.8) is 0 Å². The smallest absolute Gasteiger partial charge is 0.0223 e. The molecule has 0 bridgehead atoms. The Morgan fingerprint density at radius 1 is 0.941 bits per heavy atom. The van der Waals surface area contributed by atoms with E-state index in [4.69, 9.17) is 0 Å². The zero-order valence-corrected chi connectivity index (χ0v) is 13.7. The molecule has 0 rings (SSSR count). The van der Waals surface area contributed by atoms with Gasteiger partial charge in [-0.05, 0) is 29.1 Å². The molecule has 0 radical (unpaired) electrons. The van der Waals surface area contributed by atoms with E-state index in [9.17, 15) is 0 Å². The van der Waals surface area contributed by atoms with Crippen LogP contribution in [0.3, 0.4) is 0 Å². The predicted molar refractivity (Wildman–Crippen MR) is 80.3 cm³/mol. The van der Waals surface area contributed by atoms with Crippen molar-refractivity contribution in [2.45, 2.75) is 87.5 Å². The Morgan fingerprint density at radius 3 is 1.76 bits per heavy atom. The molecule has 0 fully saturated rings. The molecule has 0 amide bonds. The lowest BCUT2D eigenvalue weighted by Crippen LogP contribution is -2.46. The molecular weight excluding hydrogens is 204 g/mol. The molecule has 0 aliphatic rings. The first-order valence-electron chi connectivity index (χ1n) is 7.80. The molecule has 17 heavy (non-hydrogen) atoms. The van der Waals surface area contributed by atoms with Gasteiger partial charge in [0.25, 0.3) is 0 Å². The largest absolute Gasteiger partial charge is 0.0654 e. The van der Waals surface area contributed by atoms with E-state index in [2.05, 4.69) is 55.4 Å². The van der Waals surface area contributed by atoms with Crippen molar-refractivity contribution < 1.29 is 0 Å². The minimum Gasteiger partial charge on any atom is -0.0654 e. The van der Waals surface area contributed by atoms with Crippen LogP contribution in [-0.2, 0) is 0 Å². The molecule has 0 aliphatic heterocycles. The van der Waals surface area contributed by atoms with Crippen LogP contribution in [0.15, 0.2) is 0 Å². The van der Waals surface area contributed by atoms with Gasteiger partial charge >= 0.3 is 0 Å². The molecule has 0 spiro atoms. The van der Waals surface area contributed by atoms with Crippen LogP contribution in [-0.4, -0.2) is 0 Å². The van der Waals surface area contributed by atoms with Gasteiger partial charge in [-0.3, -0.25) is 0 Å². The average molecular weight is 240 g/mol. The van der Waals surface area contributed by atoms with E-state index in [0.717, 1.165) is 11.8 Å². The fourth-order valence-corrected chi connectivity index (χ4v) is 3.68. The molecule has 0 nitrogen and oxygen atoms in total. The van der Waals surface area contributed by atoms with Gasteiger partial charge in [-0.15, -0.1) is 0 Å². The monoisotopic (exact) mass is 240 g/mol. The van der Waals surface area contributed by atoms with Gasteiger partial charge in [0.05, 0.1) is 0 Å². The van der Waals surface area contributed by atoms with Crippen molar-refractivity contribution in [3.05, 3.63) is 0 Å². The number of rotatable bonds is 8.